The maximum absolute atomic E-state index is 12.7. The van der Waals surface area contributed by atoms with E-state index in [0.717, 1.165) is 21.2 Å². The Morgan fingerprint density at radius 3 is 2.68 bits per heavy atom. The molecule has 0 aliphatic carbocycles. The molecule has 0 bridgehead atoms. The summed E-state index contributed by atoms with van der Waals surface area (Å²) in [5, 5.41) is 6.73. The molecule has 2 N–H and O–H groups in total. The summed E-state index contributed by atoms with van der Waals surface area (Å²) >= 11 is 10.1. The summed E-state index contributed by atoms with van der Waals surface area (Å²) in [7, 11) is 0. The Hall–Kier alpha value is -1.61. The van der Waals surface area contributed by atoms with E-state index in [-0.39, 0.29) is 18.3 Å². The lowest BCUT2D eigenvalue weighted by Crippen LogP contribution is -2.40. The van der Waals surface area contributed by atoms with Crippen LogP contribution in [0.15, 0.2) is 58.2 Å². The van der Waals surface area contributed by atoms with Gasteiger partial charge >= 0.3 is 0 Å². The lowest BCUT2D eigenvalue weighted by Gasteiger charge is -2.14. The zero-order valence-corrected chi connectivity index (χ0v) is 16.6. The van der Waals surface area contributed by atoms with Gasteiger partial charge in [-0.05, 0) is 48.6 Å². The number of thiocarbonyl (C=S) groups is 1. The van der Waals surface area contributed by atoms with Crippen molar-refractivity contribution in [2.45, 2.75) is 10.5 Å². The first-order chi connectivity index (χ1) is 11.6. The van der Waals surface area contributed by atoms with E-state index in [9.17, 15) is 4.79 Å². The molecule has 128 valence electrons. The maximum Gasteiger partial charge on any atom is 0.266 e. The van der Waals surface area contributed by atoms with Gasteiger partial charge in [-0.25, -0.2) is 4.98 Å². The Kier molecular flexibility index (Phi) is 5.33. The molecule has 0 amide bonds. The number of aromatic nitrogens is 2. The highest BCUT2D eigenvalue weighted by Crippen LogP contribution is 2.33. The molecule has 1 aromatic heterocycles. The van der Waals surface area contributed by atoms with Crippen molar-refractivity contribution >= 4 is 80.1 Å². The van der Waals surface area contributed by atoms with E-state index in [0.29, 0.717) is 10.3 Å². The van der Waals surface area contributed by atoms with E-state index < -0.39 is 5.37 Å². The number of rotatable bonds is 2. The fraction of sp³-hybridized carbons (Fsp3) is 0.0625. The normalized spacial score (nSPS) is 15.6. The first-order valence-electron chi connectivity index (χ1n) is 7.13. The second-order valence-corrected chi connectivity index (χ2v) is 7.56. The van der Waals surface area contributed by atoms with Crippen LogP contribution in [0.4, 0.5) is 5.69 Å². The van der Waals surface area contributed by atoms with Crippen molar-refractivity contribution in [3.63, 3.8) is 0 Å². The van der Waals surface area contributed by atoms with Crippen LogP contribution in [0.2, 0.25) is 0 Å². The largest absolute Gasteiger partial charge is 0.342 e. The molecular weight excluding hydrogens is 444 g/mol. The lowest BCUT2D eigenvalue weighted by molar-refractivity contribution is 0.0910. The molecule has 9 heteroatoms. The first-order valence-corrected chi connectivity index (χ1v) is 9.21. The Bertz CT molecular complexity index is 960. The van der Waals surface area contributed by atoms with Crippen molar-refractivity contribution in [3.05, 3.63) is 53.0 Å². The number of imidazole rings is 1. The smallest absolute Gasteiger partial charge is 0.266 e. The molecule has 0 saturated heterocycles. The van der Waals surface area contributed by atoms with Crippen LogP contribution in [0, 0.1) is 0 Å². The Labute approximate surface area is 168 Å². The van der Waals surface area contributed by atoms with Crippen molar-refractivity contribution in [1.82, 2.24) is 14.9 Å². The van der Waals surface area contributed by atoms with Gasteiger partial charge in [0.05, 0.1) is 11.0 Å². The molecule has 1 atom stereocenters. The minimum absolute atomic E-state index is 0. The summed E-state index contributed by atoms with van der Waals surface area (Å²) < 4.78 is 2.63. The summed E-state index contributed by atoms with van der Waals surface area (Å²) in [4.78, 5) is 17.1. The average molecular weight is 456 g/mol. The highest BCUT2D eigenvalue weighted by Gasteiger charge is 2.34. The molecule has 0 spiro atoms. The van der Waals surface area contributed by atoms with Gasteiger partial charge in [-0.2, -0.15) is 0 Å². The molecule has 2 aromatic carbocycles. The number of carbonyl (C=O) groups is 1. The van der Waals surface area contributed by atoms with Crippen LogP contribution in [0.5, 0.6) is 0 Å². The molecule has 1 unspecified atom stereocenters. The molecule has 0 saturated carbocycles. The number of hydrogen-bond acceptors (Lipinski definition) is 4. The molecule has 3 aromatic rings. The number of nitrogens with one attached hydrogen (secondary N) is 2. The zero-order valence-electron chi connectivity index (χ0n) is 12.6. The average Bonchev–Trinajstić information content (AvgIpc) is 3.07. The molecule has 1 aliphatic heterocycles. The fourth-order valence-electron chi connectivity index (χ4n) is 2.48. The predicted octanol–water partition coefficient (Wildman–Crippen LogP) is 4.28. The number of nitrogens with zero attached hydrogens (tertiary/aromatic N) is 2. The van der Waals surface area contributed by atoms with Crippen molar-refractivity contribution in [2.24, 2.45) is 0 Å². The number of anilines is 1. The number of carbonyl (C=O) groups excluding carboxylic acids is 1. The fourth-order valence-corrected chi connectivity index (χ4v) is 4.09. The van der Waals surface area contributed by atoms with Gasteiger partial charge in [-0.15, -0.1) is 12.4 Å². The van der Waals surface area contributed by atoms with E-state index in [1.54, 1.807) is 4.57 Å². The van der Waals surface area contributed by atoms with Gasteiger partial charge in [-0.3, -0.25) is 9.36 Å². The Morgan fingerprint density at radius 1 is 1.20 bits per heavy atom. The Morgan fingerprint density at radius 2 is 1.92 bits per heavy atom. The summed E-state index contributed by atoms with van der Waals surface area (Å²) in [5.41, 5.74) is 2.50. The van der Waals surface area contributed by atoms with Crippen LogP contribution in [-0.4, -0.2) is 25.9 Å². The minimum Gasteiger partial charge on any atom is -0.342 e. The maximum atomic E-state index is 12.7. The lowest BCUT2D eigenvalue weighted by atomic mass is 10.3. The first kappa shape index (κ1) is 18.2. The molecule has 4 rings (SSSR count). The number of thioether (sulfide) groups is 1. The van der Waals surface area contributed by atoms with Gasteiger partial charge in [0.1, 0.15) is 0 Å². The molecule has 0 radical (unpaired) electrons. The standard InChI is InChI=1S/C16H11BrN4OS2.ClH/c17-9-5-7-10(8-6-9)18-15(23)20-13-14(22)21-12-4-2-1-3-11(12)19-16(21)24-13;/h1-8,13H,(H2,18,20,23);1H. The van der Waals surface area contributed by atoms with Gasteiger partial charge in [-0.1, -0.05) is 39.8 Å². The van der Waals surface area contributed by atoms with E-state index in [4.69, 9.17) is 12.2 Å². The monoisotopic (exact) mass is 454 g/mol. The second kappa shape index (κ2) is 7.33. The Balaban J connectivity index is 0.00000182. The van der Waals surface area contributed by atoms with Crippen LogP contribution in [0.3, 0.4) is 0 Å². The van der Waals surface area contributed by atoms with Gasteiger partial charge in [0.25, 0.3) is 5.91 Å². The van der Waals surface area contributed by atoms with Crippen molar-refractivity contribution in [3.8, 4) is 0 Å². The highest BCUT2D eigenvalue weighted by atomic mass is 79.9. The van der Waals surface area contributed by atoms with Crippen LogP contribution >= 0.6 is 52.3 Å². The molecule has 2 heterocycles. The predicted molar refractivity (Wildman–Crippen MR) is 111 cm³/mol. The van der Waals surface area contributed by atoms with Gasteiger partial charge < -0.3 is 10.6 Å². The zero-order chi connectivity index (χ0) is 16.7. The SMILES string of the molecule is Cl.O=C1C(NC(=S)Nc2ccc(Br)cc2)Sc2nc3ccccc3n21. The molecule has 1 aliphatic rings. The van der Waals surface area contributed by atoms with Gasteiger partial charge in [0.2, 0.25) is 0 Å². The van der Waals surface area contributed by atoms with Crippen molar-refractivity contribution in [2.75, 3.05) is 5.32 Å². The summed E-state index contributed by atoms with van der Waals surface area (Å²) in [6, 6.07) is 15.2. The summed E-state index contributed by atoms with van der Waals surface area (Å²) in [6.07, 6.45) is 0. The number of benzene rings is 2. The highest BCUT2D eigenvalue weighted by molar-refractivity contribution is 9.10. The summed E-state index contributed by atoms with van der Waals surface area (Å²) in [5.74, 6) is -0.0661. The van der Waals surface area contributed by atoms with E-state index in [1.165, 1.54) is 11.8 Å². The third-order valence-corrected chi connectivity index (χ3v) is 5.35. The second-order valence-electron chi connectivity index (χ2n) is 5.16. The van der Waals surface area contributed by atoms with Crippen LogP contribution in [-0.2, 0) is 0 Å². The van der Waals surface area contributed by atoms with Crippen LogP contribution in [0.25, 0.3) is 11.0 Å². The van der Waals surface area contributed by atoms with E-state index in [2.05, 4.69) is 31.5 Å². The topological polar surface area (TPSA) is 59.0 Å². The number of halogens is 2. The number of fused-ring (bicyclic) bond motifs is 3. The van der Waals surface area contributed by atoms with Crippen molar-refractivity contribution < 1.29 is 4.79 Å². The summed E-state index contributed by atoms with van der Waals surface area (Å²) in [6.45, 7) is 0. The molecule has 25 heavy (non-hydrogen) atoms. The molecular formula is C16H12BrClN4OS2. The molecule has 5 nitrogen and oxygen atoms in total. The van der Waals surface area contributed by atoms with Crippen LogP contribution in [0.1, 0.15) is 4.79 Å². The van der Waals surface area contributed by atoms with E-state index >= 15 is 0 Å². The van der Waals surface area contributed by atoms with Gasteiger partial charge in [0, 0.05) is 10.2 Å². The van der Waals surface area contributed by atoms with Crippen molar-refractivity contribution in [1.29, 1.82) is 0 Å². The van der Waals surface area contributed by atoms with Crippen LogP contribution < -0.4 is 10.6 Å². The third-order valence-electron chi connectivity index (χ3n) is 3.56. The van der Waals surface area contributed by atoms with Gasteiger partial charge in [0.15, 0.2) is 15.6 Å². The third kappa shape index (κ3) is 3.52. The number of para-hydroxylation sites is 2. The quantitative estimate of drug-likeness (QED) is 0.563. The minimum atomic E-state index is -0.479. The number of hydrogen-bond donors (Lipinski definition) is 2. The molecule has 0 fully saturated rings. The van der Waals surface area contributed by atoms with E-state index in [1.807, 2.05) is 48.5 Å².